The maximum Gasteiger partial charge on any atom is 0.315 e. The molecule has 1 aromatic heterocycles. The molecule has 0 unspecified atom stereocenters. The lowest BCUT2D eigenvalue weighted by molar-refractivity contribution is 0.236. The average Bonchev–Trinajstić information content (AvgIpc) is 3.24. The number of carbonyl (C=O) groups is 1. The molecule has 0 atom stereocenters. The lowest BCUT2D eigenvalue weighted by Crippen LogP contribution is -2.43. The fourth-order valence-corrected chi connectivity index (χ4v) is 4.05. The van der Waals surface area contributed by atoms with Gasteiger partial charge in [-0.3, -0.25) is 0 Å². The molecule has 2 amide bonds. The third-order valence-electron chi connectivity index (χ3n) is 4.58. The predicted molar refractivity (Wildman–Crippen MR) is 91.1 cm³/mol. The number of rotatable bonds is 5. The summed E-state index contributed by atoms with van der Waals surface area (Å²) in [4.78, 5) is 12.1. The van der Waals surface area contributed by atoms with E-state index in [2.05, 4.69) is 27.5 Å². The molecule has 1 aliphatic carbocycles. The van der Waals surface area contributed by atoms with E-state index in [0.717, 1.165) is 12.1 Å². The highest BCUT2D eigenvalue weighted by atomic mass is 32.1. The summed E-state index contributed by atoms with van der Waals surface area (Å²) in [5.74, 6) is 0. The van der Waals surface area contributed by atoms with Crippen LogP contribution in [0.25, 0.3) is 0 Å². The van der Waals surface area contributed by atoms with Crippen LogP contribution in [0.1, 0.15) is 36.8 Å². The summed E-state index contributed by atoms with van der Waals surface area (Å²) in [5, 5.41) is 10.4. The second-order valence-corrected chi connectivity index (χ2v) is 6.80. The third kappa shape index (κ3) is 3.50. The first-order valence-corrected chi connectivity index (χ1v) is 8.81. The molecule has 0 radical (unpaired) electrons. The molecule has 1 aromatic carbocycles. The quantitative estimate of drug-likeness (QED) is 0.858. The van der Waals surface area contributed by atoms with Crippen LogP contribution in [0.4, 0.5) is 4.79 Å². The molecule has 22 heavy (non-hydrogen) atoms. The summed E-state index contributed by atoms with van der Waals surface area (Å²) in [6, 6.07) is 12.1. The zero-order valence-corrected chi connectivity index (χ0v) is 13.5. The topological polar surface area (TPSA) is 41.1 Å². The molecule has 1 fully saturated rings. The van der Waals surface area contributed by atoms with Crippen LogP contribution in [-0.4, -0.2) is 12.6 Å². The van der Waals surface area contributed by atoms with Crippen LogP contribution in [0.5, 0.6) is 0 Å². The van der Waals surface area contributed by atoms with Crippen molar-refractivity contribution in [1.29, 1.82) is 0 Å². The number of thiophene rings is 1. The van der Waals surface area contributed by atoms with Crippen LogP contribution in [0, 0.1) is 0 Å². The third-order valence-corrected chi connectivity index (χ3v) is 5.26. The summed E-state index contributed by atoms with van der Waals surface area (Å²) in [5.41, 5.74) is 2.65. The Morgan fingerprint density at radius 3 is 2.55 bits per heavy atom. The Kier molecular flexibility index (Phi) is 4.78. The van der Waals surface area contributed by atoms with Gasteiger partial charge in [-0.25, -0.2) is 4.79 Å². The molecular formula is C18H22N2OS. The van der Waals surface area contributed by atoms with Crippen molar-refractivity contribution in [2.24, 2.45) is 0 Å². The van der Waals surface area contributed by atoms with Crippen molar-refractivity contribution >= 4 is 17.4 Å². The zero-order valence-electron chi connectivity index (χ0n) is 12.7. The van der Waals surface area contributed by atoms with E-state index in [4.69, 9.17) is 0 Å². The van der Waals surface area contributed by atoms with Crippen LogP contribution >= 0.6 is 11.3 Å². The lowest BCUT2D eigenvalue weighted by atomic mass is 9.80. The van der Waals surface area contributed by atoms with E-state index in [9.17, 15) is 4.79 Å². The summed E-state index contributed by atoms with van der Waals surface area (Å²) < 4.78 is 0. The lowest BCUT2D eigenvalue weighted by Gasteiger charge is -2.28. The van der Waals surface area contributed by atoms with Crippen molar-refractivity contribution < 1.29 is 4.79 Å². The van der Waals surface area contributed by atoms with Gasteiger partial charge in [0.2, 0.25) is 0 Å². The number of benzene rings is 1. The van der Waals surface area contributed by atoms with E-state index < -0.39 is 0 Å². The van der Waals surface area contributed by atoms with Crippen LogP contribution in [0.3, 0.4) is 0 Å². The van der Waals surface area contributed by atoms with Crippen LogP contribution < -0.4 is 10.6 Å². The number of carbonyl (C=O) groups excluding carboxylic acids is 1. The minimum absolute atomic E-state index is 0.0784. The van der Waals surface area contributed by atoms with Gasteiger partial charge in [-0.15, -0.1) is 0 Å². The number of hydrogen-bond donors (Lipinski definition) is 2. The van der Waals surface area contributed by atoms with Crippen molar-refractivity contribution in [3.05, 3.63) is 58.3 Å². The fourth-order valence-electron chi connectivity index (χ4n) is 3.28. The normalized spacial score (nSPS) is 16.4. The van der Waals surface area contributed by atoms with Crippen molar-refractivity contribution in [3.63, 3.8) is 0 Å². The van der Waals surface area contributed by atoms with Gasteiger partial charge in [0, 0.05) is 18.5 Å². The van der Waals surface area contributed by atoms with Gasteiger partial charge in [0.15, 0.2) is 0 Å². The van der Waals surface area contributed by atoms with Crippen molar-refractivity contribution in [2.75, 3.05) is 6.54 Å². The Balaban J connectivity index is 1.53. The number of nitrogens with one attached hydrogen (secondary N) is 2. The Bertz CT molecular complexity index is 589. The van der Waals surface area contributed by atoms with Gasteiger partial charge in [0.1, 0.15) is 0 Å². The SMILES string of the molecule is O=C(NCc1ccccc1)NCC1(c2ccsc2)CCCC1. The molecule has 2 N–H and O–H groups in total. The molecule has 116 valence electrons. The highest BCUT2D eigenvalue weighted by Crippen LogP contribution is 2.41. The molecule has 0 saturated heterocycles. The van der Waals surface area contributed by atoms with Crippen molar-refractivity contribution in [3.8, 4) is 0 Å². The minimum atomic E-state index is -0.0784. The first-order valence-electron chi connectivity index (χ1n) is 7.87. The van der Waals surface area contributed by atoms with Crippen molar-refractivity contribution in [2.45, 2.75) is 37.6 Å². The second-order valence-electron chi connectivity index (χ2n) is 6.02. The highest BCUT2D eigenvalue weighted by molar-refractivity contribution is 7.08. The Hall–Kier alpha value is -1.81. The van der Waals surface area contributed by atoms with Gasteiger partial charge in [-0.05, 0) is 40.8 Å². The maximum atomic E-state index is 12.1. The van der Waals surface area contributed by atoms with Gasteiger partial charge in [0.25, 0.3) is 0 Å². The number of hydrogen-bond acceptors (Lipinski definition) is 2. The van der Waals surface area contributed by atoms with E-state index in [1.54, 1.807) is 11.3 Å². The van der Waals surface area contributed by atoms with Gasteiger partial charge in [-0.2, -0.15) is 11.3 Å². The summed E-state index contributed by atoms with van der Waals surface area (Å²) in [7, 11) is 0. The Labute approximate surface area is 135 Å². The molecule has 0 spiro atoms. The second kappa shape index (κ2) is 6.97. The molecule has 1 aliphatic rings. The van der Waals surface area contributed by atoms with Gasteiger partial charge >= 0.3 is 6.03 Å². The van der Waals surface area contributed by atoms with E-state index >= 15 is 0 Å². The van der Waals surface area contributed by atoms with Crippen LogP contribution in [-0.2, 0) is 12.0 Å². The first-order chi connectivity index (χ1) is 10.8. The summed E-state index contributed by atoms with van der Waals surface area (Å²) in [6.07, 6.45) is 4.84. The summed E-state index contributed by atoms with van der Waals surface area (Å²) in [6.45, 7) is 1.29. The molecule has 1 saturated carbocycles. The fraction of sp³-hybridized carbons (Fsp3) is 0.389. The largest absolute Gasteiger partial charge is 0.337 e. The molecule has 2 aromatic rings. The molecule has 0 aliphatic heterocycles. The smallest absolute Gasteiger partial charge is 0.315 e. The molecule has 3 nitrogen and oxygen atoms in total. The number of amides is 2. The van der Waals surface area contributed by atoms with E-state index in [1.165, 1.54) is 31.2 Å². The van der Waals surface area contributed by atoms with E-state index in [-0.39, 0.29) is 11.4 Å². The monoisotopic (exact) mass is 314 g/mol. The first kappa shape index (κ1) is 15.1. The van der Waals surface area contributed by atoms with Crippen molar-refractivity contribution in [1.82, 2.24) is 10.6 Å². The highest BCUT2D eigenvalue weighted by Gasteiger charge is 2.36. The minimum Gasteiger partial charge on any atom is -0.337 e. The van der Waals surface area contributed by atoms with E-state index in [0.29, 0.717) is 6.54 Å². The summed E-state index contributed by atoms with van der Waals surface area (Å²) >= 11 is 1.74. The molecule has 3 rings (SSSR count). The van der Waals surface area contributed by atoms with Gasteiger partial charge in [0.05, 0.1) is 0 Å². The van der Waals surface area contributed by atoms with Crippen LogP contribution in [0.15, 0.2) is 47.2 Å². The average molecular weight is 314 g/mol. The van der Waals surface area contributed by atoms with Crippen LogP contribution in [0.2, 0.25) is 0 Å². The molecule has 0 bridgehead atoms. The van der Waals surface area contributed by atoms with Gasteiger partial charge < -0.3 is 10.6 Å². The van der Waals surface area contributed by atoms with Gasteiger partial charge in [-0.1, -0.05) is 43.2 Å². The molecule has 1 heterocycles. The predicted octanol–water partition coefficient (Wildman–Crippen LogP) is 4.06. The Morgan fingerprint density at radius 2 is 1.86 bits per heavy atom. The standard InChI is InChI=1S/C18H22N2OS/c21-17(19-12-15-6-2-1-3-7-15)20-14-18(9-4-5-10-18)16-8-11-22-13-16/h1-3,6-8,11,13H,4-5,9-10,12,14H2,(H2,19,20,21). The number of urea groups is 1. The molecule has 4 heteroatoms. The zero-order chi connectivity index (χ0) is 15.3. The Morgan fingerprint density at radius 1 is 1.09 bits per heavy atom. The maximum absolute atomic E-state index is 12.1. The molecular weight excluding hydrogens is 292 g/mol. The van der Waals surface area contributed by atoms with E-state index in [1.807, 2.05) is 30.3 Å².